The van der Waals surface area contributed by atoms with Gasteiger partial charge in [-0.15, -0.1) is 0 Å². The Morgan fingerprint density at radius 2 is 1.61 bits per heavy atom. The second-order valence-electron chi connectivity index (χ2n) is 4.45. The third kappa shape index (κ3) is 1.52. The first kappa shape index (κ1) is 11.0. The number of allylic oxidation sites excluding steroid dienone is 1. The molecule has 18 heavy (non-hydrogen) atoms. The molecule has 0 N–H and O–H groups in total. The van der Waals surface area contributed by atoms with Crippen molar-refractivity contribution in [1.29, 1.82) is 0 Å². The summed E-state index contributed by atoms with van der Waals surface area (Å²) in [4.78, 5) is 0. The summed E-state index contributed by atoms with van der Waals surface area (Å²) in [6.07, 6.45) is 0. The van der Waals surface area contributed by atoms with E-state index in [1.165, 1.54) is 22.5 Å². The number of nitrogens with zero attached hydrogens (tertiary/aromatic N) is 1. The molecule has 0 fully saturated rings. The Morgan fingerprint density at radius 1 is 0.944 bits per heavy atom. The van der Waals surface area contributed by atoms with Crippen LogP contribution in [0.1, 0.15) is 18.1 Å². The van der Waals surface area contributed by atoms with Crippen LogP contribution in [-0.4, -0.2) is 16.8 Å². The lowest BCUT2D eigenvalue weighted by Crippen LogP contribution is -2.13. The van der Waals surface area contributed by atoms with Gasteiger partial charge in [0.05, 0.1) is 11.1 Å². The summed E-state index contributed by atoms with van der Waals surface area (Å²) < 4.78 is 2.34. The van der Waals surface area contributed by atoms with Crippen LogP contribution in [-0.2, 0) is 0 Å². The molecule has 0 atom stereocenters. The topological polar surface area (TPSA) is 3.01 Å². The van der Waals surface area contributed by atoms with E-state index in [1.807, 2.05) is 6.07 Å². The fourth-order valence-electron chi connectivity index (χ4n) is 2.63. The Labute approximate surface area is 108 Å². The van der Waals surface area contributed by atoms with Gasteiger partial charge in [-0.2, -0.15) is 4.58 Å². The van der Waals surface area contributed by atoms with Crippen LogP contribution in [0.3, 0.4) is 0 Å². The largest absolute Gasteiger partial charge is 0.220 e. The van der Waals surface area contributed by atoms with E-state index < -0.39 is 0 Å². The molecule has 0 aromatic heterocycles. The predicted molar refractivity (Wildman–Crippen MR) is 76.5 cm³/mol. The summed E-state index contributed by atoms with van der Waals surface area (Å²) in [7, 11) is 0. The monoisotopic (exact) mass is 234 g/mol. The lowest BCUT2D eigenvalue weighted by Gasteiger charge is -2.00. The zero-order valence-corrected chi connectivity index (χ0v) is 10.6. The highest BCUT2D eigenvalue weighted by molar-refractivity contribution is 6.31. The number of hydrogen-bond donors (Lipinski definition) is 0. The molecular formula is C17H16N+. The van der Waals surface area contributed by atoms with Crippen molar-refractivity contribution in [3.05, 3.63) is 72.3 Å². The van der Waals surface area contributed by atoms with E-state index in [-0.39, 0.29) is 0 Å². The van der Waals surface area contributed by atoms with Crippen molar-refractivity contribution in [2.24, 2.45) is 0 Å². The molecule has 1 heterocycles. The lowest BCUT2D eigenvalue weighted by molar-refractivity contribution is -0.431. The lowest BCUT2D eigenvalue weighted by atomic mass is 10.00. The zero-order chi connectivity index (χ0) is 12.5. The zero-order valence-electron chi connectivity index (χ0n) is 10.6. The Kier molecular flexibility index (Phi) is 2.60. The Hall–Kier alpha value is -2.15. The van der Waals surface area contributed by atoms with Gasteiger partial charge in [-0.25, -0.2) is 0 Å². The molecule has 1 heteroatoms. The Morgan fingerprint density at radius 3 is 2.33 bits per heavy atom. The van der Waals surface area contributed by atoms with Gasteiger partial charge >= 0.3 is 0 Å². The van der Waals surface area contributed by atoms with Crippen LogP contribution < -0.4 is 0 Å². The number of benzene rings is 2. The second-order valence-corrected chi connectivity index (χ2v) is 4.45. The summed E-state index contributed by atoms with van der Waals surface area (Å²) in [5.74, 6) is 0. The maximum absolute atomic E-state index is 4.27. The van der Waals surface area contributed by atoms with Crippen LogP contribution in [0.25, 0.3) is 5.57 Å². The molecule has 0 saturated heterocycles. The summed E-state index contributed by atoms with van der Waals surface area (Å²) in [6.45, 7) is 7.41. The molecule has 1 aliphatic rings. The first-order chi connectivity index (χ1) is 8.83. The number of hydrogen-bond acceptors (Lipinski definition) is 0. The van der Waals surface area contributed by atoms with Crippen LogP contribution in [0.5, 0.6) is 0 Å². The van der Waals surface area contributed by atoms with Gasteiger partial charge in [-0.05, 0) is 25.1 Å². The van der Waals surface area contributed by atoms with Crippen molar-refractivity contribution in [2.45, 2.75) is 6.92 Å². The van der Waals surface area contributed by atoms with E-state index in [4.69, 9.17) is 0 Å². The van der Waals surface area contributed by atoms with Crippen molar-refractivity contribution in [3.8, 4) is 0 Å². The third-order valence-electron chi connectivity index (χ3n) is 3.44. The molecule has 1 nitrogen and oxygen atoms in total. The minimum Gasteiger partial charge on any atom is -0.191 e. The van der Waals surface area contributed by atoms with Gasteiger partial charge in [0.2, 0.25) is 11.4 Å². The first-order valence-corrected chi connectivity index (χ1v) is 6.31. The van der Waals surface area contributed by atoms with E-state index >= 15 is 0 Å². The summed E-state index contributed by atoms with van der Waals surface area (Å²) in [5, 5.41) is 0. The molecule has 0 bridgehead atoms. The molecule has 0 amide bonds. The van der Waals surface area contributed by atoms with Gasteiger partial charge in [0, 0.05) is 11.6 Å². The molecule has 0 unspecified atom stereocenters. The van der Waals surface area contributed by atoms with Gasteiger partial charge in [-0.3, -0.25) is 0 Å². The van der Waals surface area contributed by atoms with Crippen molar-refractivity contribution >= 4 is 17.0 Å². The van der Waals surface area contributed by atoms with Gasteiger partial charge < -0.3 is 0 Å². The van der Waals surface area contributed by atoms with E-state index in [9.17, 15) is 0 Å². The number of rotatable bonds is 2. The van der Waals surface area contributed by atoms with E-state index in [1.54, 1.807) is 0 Å². The molecule has 88 valence electrons. The maximum Gasteiger partial charge on any atom is 0.220 e. The van der Waals surface area contributed by atoms with Gasteiger partial charge in [0.25, 0.3) is 0 Å². The molecule has 0 saturated carbocycles. The average Bonchev–Trinajstić information content (AvgIpc) is 2.73. The molecule has 0 radical (unpaired) electrons. The molecule has 1 aliphatic heterocycles. The second kappa shape index (κ2) is 4.26. The Balaban J connectivity index is 2.24. The van der Waals surface area contributed by atoms with Crippen molar-refractivity contribution in [3.63, 3.8) is 0 Å². The SMILES string of the molecule is C=C1C(c2ccccc2)=[N+](CC)c2ccccc21. The van der Waals surface area contributed by atoms with Gasteiger partial charge in [-0.1, -0.05) is 36.9 Å². The molecule has 3 rings (SSSR count). The van der Waals surface area contributed by atoms with Crippen molar-refractivity contribution in [2.75, 3.05) is 6.54 Å². The van der Waals surface area contributed by atoms with Crippen LogP contribution in [0, 0.1) is 0 Å². The third-order valence-corrected chi connectivity index (χ3v) is 3.44. The Bertz CT molecular complexity index is 636. The van der Waals surface area contributed by atoms with Crippen LogP contribution in [0.4, 0.5) is 5.69 Å². The summed E-state index contributed by atoms with van der Waals surface area (Å²) >= 11 is 0. The van der Waals surface area contributed by atoms with Crippen molar-refractivity contribution in [1.82, 2.24) is 0 Å². The highest BCUT2D eigenvalue weighted by Crippen LogP contribution is 2.34. The molecule has 0 spiro atoms. The van der Waals surface area contributed by atoms with Gasteiger partial charge in [0.1, 0.15) is 6.54 Å². The summed E-state index contributed by atoms with van der Waals surface area (Å²) in [6, 6.07) is 19.0. The molecular weight excluding hydrogens is 218 g/mol. The fraction of sp³-hybridized carbons (Fsp3) is 0.118. The highest BCUT2D eigenvalue weighted by atomic mass is 15.0. The van der Waals surface area contributed by atoms with Gasteiger partial charge in [0.15, 0.2) is 0 Å². The van der Waals surface area contributed by atoms with E-state index in [0.29, 0.717) is 0 Å². The van der Waals surface area contributed by atoms with Crippen LogP contribution in [0.2, 0.25) is 0 Å². The maximum atomic E-state index is 4.27. The van der Waals surface area contributed by atoms with Crippen LogP contribution in [0.15, 0.2) is 61.2 Å². The minimum atomic E-state index is 0.959. The van der Waals surface area contributed by atoms with E-state index in [2.05, 4.69) is 66.6 Å². The predicted octanol–water partition coefficient (Wildman–Crippen LogP) is 3.87. The number of fused-ring (bicyclic) bond motifs is 1. The fourth-order valence-corrected chi connectivity index (χ4v) is 2.63. The van der Waals surface area contributed by atoms with E-state index in [0.717, 1.165) is 12.1 Å². The summed E-state index contributed by atoms with van der Waals surface area (Å²) in [5.41, 5.74) is 6.11. The first-order valence-electron chi connectivity index (χ1n) is 6.31. The smallest absolute Gasteiger partial charge is 0.191 e. The highest BCUT2D eigenvalue weighted by Gasteiger charge is 2.32. The standard InChI is InChI=1S/C17H16N/c1-3-18-16-12-8-7-11-15(16)13(2)17(18)14-9-5-4-6-10-14/h4-12H,2-3H2,1H3/q+1. The average molecular weight is 234 g/mol. The normalized spacial score (nSPS) is 13.9. The number of para-hydroxylation sites is 1. The quantitative estimate of drug-likeness (QED) is 0.694. The van der Waals surface area contributed by atoms with Crippen LogP contribution >= 0.6 is 0 Å². The minimum absolute atomic E-state index is 0.959. The molecule has 2 aromatic carbocycles. The molecule has 0 aliphatic carbocycles. The molecule has 2 aromatic rings. The van der Waals surface area contributed by atoms with Crippen molar-refractivity contribution < 1.29 is 4.58 Å².